The molecule has 1 atom stereocenters. The van der Waals surface area contributed by atoms with E-state index in [-0.39, 0.29) is 6.54 Å². The molecule has 1 heterocycles. The molecule has 0 fully saturated rings. The molecule has 1 unspecified atom stereocenters. The number of aliphatic hydroxyl groups is 1. The first-order valence-electron chi connectivity index (χ1n) is 7.68. The maximum absolute atomic E-state index is 11.8. The van der Waals surface area contributed by atoms with Crippen LogP contribution in [0, 0.1) is 0 Å². The van der Waals surface area contributed by atoms with Crippen molar-refractivity contribution in [3.63, 3.8) is 0 Å². The highest BCUT2D eigenvalue weighted by atomic mass is 32.1. The molecule has 0 radical (unpaired) electrons. The monoisotopic (exact) mass is 346 g/mol. The summed E-state index contributed by atoms with van der Waals surface area (Å²) >= 11 is 1.41. The first-order valence-corrected chi connectivity index (χ1v) is 8.50. The summed E-state index contributed by atoms with van der Waals surface area (Å²) in [7, 11) is 0. The highest BCUT2D eigenvalue weighted by molar-refractivity contribution is 7.12. The lowest BCUT2D eigenvalue weighted by Gasteiger charge is -2.19. The Morgan fingerprint density at radius 1 is 1.08 bits per heavy atom. The van der Waals surface area contributed by atoms with Crippen LogP contribution in [0.25, 0.3) is 0 Å². The van der Waals surface area contributed by atoms with E-state index in [9.17, 15) is 14.7 Å². The van der Waals surface area contributed by atoms with E-state index in [1.807, 2.05) is 63.2 Å². The second-order valence-corrected chi connectivity index (χ2v) is 7.70. The fourth-order valence-corrected chi connectivity index (χ4v) is 3.05. The predicted molar refractivity (Wildman–Crippen MR) is 94.6 cm³/mol. The Morgan fingerprint density at radius 2 is 1.75 bits per heavy atom. The van der Waals surface area contributed by atoms with E-state index in [1.165, 1.54) is 11.3 Å². The van der Waals surface area contributed by atoms with Crippen molar-refractivity contribution in [1.82, 2.24) is 10.6 Å². The van der Waals surface area contributed by atoms with Gasteiger partial charge >= 0.3 is 11.8 Å². The van der Waals surface area contributed by atoms with Crippen LogP contribution in [0.4, 0.5) is 0 Å². The number of rotatable bonds is 4. The minimum atomic E-state index is -0.690. The molecule has 0 spiro atoms. The van der Waals surface area contributed by atoms with Crippen LogP contribution >= 0.6 is 11.3 Å². The normalized spacial score (nSPS) is 12.5. The highest BCUT2D eigenvalue weighted by Crippen LogP contribution is 2.28. The van der Waals surface area contributed by atoms with Gasteiger partial charge in [0.15, 0.2) is 0 Å². The van der Waals surface area contributed by atoms with Crippen molar-refractivity contribution >= 4 is 23.2 Å². The van der Waals surface area contributed by atoms with Crippen molar-refractivity contribution in [1.29, 1.82) is 0 Å². The maximum Gasteiger partial charge on any atom is 0.309 e. The van der Waals surface area contributed by atoms with Gasteiger partial charge in [-0.1, -0.05) is 30.3 Å². The molecule has 2 aromatic rings. The molecule has 6 heteroatoms. The molecule has 24 heavy (non-hydrogen) atoms. The summed E-state index contributed by atoms with van der Waals surface area (Å²) in [5, 5.41) is 15.6. The number of aliphatic hydroxyl groups excluding tert-OH is 1. The van der Waals surface area contributed by atoms with Gasteiger partial charge in [-0.15, -0.1) is 11.3 Å². The van der Waals surface area contributed by atoms with E-state index in [1.54, 1.807) is 0 Å². The third-order valence-electron chi connectivity index (χ3n) is 3.19. The summed E-state index contributed by atoms with van der Waals surface area (Å²) in [6.45, 7) is 5.70. The Labute approximate surface area is 145 Å². The van der Waals surface area contributed by atoms with Gasteiger partial charge in [0.2, 0.25) is 0 Å². The molecule has 3 N–H and O–H groups in total. The average molecular weight is 346 g/mol. The minimum Gasteiger partial charge on any atom is -0.383 e. The Morgan fingerprint density at radius 3 is 2.38 bits per heavy atom. The minimum absolute atomic E-state index is 0.253. The molecular weight excluding hydrogens is 324 g/mol. The van der Waals surface area contributed by atoms with Crippen molar-refractivity contribution in [2.75, 3.05) is 0 Å². The van der Waals surface area contributed by atoms with Crippen LogP contribution in [0.1, 0.15) is 42.2 Å². The fraction of sp³-hybridized carbons (Fsp3) is 0.333. The van der Waals surface area contributed by atoms with Crippen LogP contribution in [-0.2, 0) is 16.1 Å². The number of thiophene rings is 1. The summed E-state index contributed by atoms with van der Waals surface area (Å²) in [4.78, 5) is 25.2. The van der Waals surface area contributed by atoms with Gasteiger partial charge in [-0.3, -0.25) is 9.59 Å². The van der Waals surface area contributed by atoms with Crippen LogP contribution in [-0.4, -0.2) is 22.5 Å². The SMILES string of the molecule is CC(C)(C)NC(=O)C(=O)NCc1ccc(C(O)c2ccccc2)s1. The van der Waals surface area contributed by atoms with E-state index < -0.39 is 23.5 Å². The zero-order valence-corrected chi connectivity index (χ0v) is 14.8. The van der Waals surface area contributed by atoms with Crippen molar-refractivity contribution < 1.29 is 14.7 Å². The molecule has 128 valence electrons. The van der Waals surface area contributed by atoms with E-state index in [0.717, 1.165) is 15.3 Å². The molecule has 5 nitrogen and oxygen atoms in total. The largest absolute Gasteiger partial charge is 0.383 e. The Balaban J connectivity index is 1.92. The summed E-state index contributed by atoms with van der Waals surface area (Å²) in [5.41, 5.74) is 0.365. The lowest BCUT2D eigenvalue weighted by atomic mass is 10.1. The molecule has 0 aliphatic carbocycles. The molecule has 0 saturated heterocycles. The lowest BCUT2D eigenvalue weighted by molar-refractivity contribution is -0.140. The molecule has 0 aliphatic heterocycles. The Hall–Kier alpha value is -2.18. The average Bonchev–Trinajstić information content (AvgIpc) is 3.00. The summed E-state index contributed by atoms with van der Waals surface area (Å²) in [5.74, 6) is -1.31. The third kappa shape index (κ3) is 5.18. The van der Waals surface area contributed by atoms with Crippen LogP contribution in [0.15, 0.2) is 42.5 Å². The molecule has 2 rings (SSSR count). The molecule has 0 saturated carbocycles. The quantitative estimate of drug-likeness (QED) is 0.744. The standard InChI is InChI=1S/C18H22N2O3S/c1-18(2,3)20-17(23)16(22)19-11-13-9-10-14(24-13)15(21)12-7-5-4-6-8-12/h4-10,15,21H,11H2,1-3H3,(H,19,22)(H,20,23). The van der Waals surface area contributed by atoms with Crippen LogP contribution in [0.2, 0.25) is 0 Å². The second-order valence-electron chi connectivity index (χ2n) is 6.50. The van der Waals surface area contributed by atoms with Crippen LogP contribution in [0.3, 0.4) is 0 Å². The topological polar surface area (TPSA) is 78.4 Å². The van der Waals surface area contributed by atoms with Gasteiger partial charge in [-0.05, 0) is 38.5 Å². The van der Waals surface area contributed by atoms with Gasteiger partial charge in [-0.25, -0.2) is 0 Å². The third-order valence-corrected chi connectivity index (χ3v) is 4.32. The van der Waals surface area contributed by atoms with Crippen LogP contribution in [0.5, 0.6) is 0 Å². The molecule has 1 aromatic carbocycles. The molecule has 0 aliphatic rings. The molecule has 2 amide bonds. The van der Waals surface area contributed by atoms with Crippen LogP contribution < -0.4 is 10.6 Å². The number of benzene rings is 1. The highest BCUT2D eigenvalue weighted by Gasteiger charge is 2.20. The number of hydrogen-bond donors (Lipinski definition) is 3. The first kappa shape index (κ1) is 18.2. The number of carbonyl (C=O) groups excluding carboxylic acids is 2. The lowest BCUT2D eigenvalue weighted by Crippen LogP contribution is -2.47. The van der Waals surface area contributed by atoms with Crippen molar-refractivity contribution in [3.05, 3.63) is 57.8 Å². The van der Waals surface area contributed by atoms with E-state index in [0.29, 0.717) is 0 Å². The van der Waals surface area contributed by atoms with Gasteiger partial charge in [0.25, 0.3) is 0 Å². The zero-order chi connectivity index (χ0) is 17.7. The molecule has 0 bridgehead atoms. The Bertz CT molecular complexity index is 705. The summed E-state index contributed by atoms with van der Waals surface area (Å²) in [6.07, 6.45) is -0.690. The van der Waals surface area contributed by atoms with Gasteiger partial charge in [0, 0.05) is 15.3 Å². The summed E-state index contributed by atoms with van der Waals surface area (Å²) < 4.78 is 0. The predicted octanol–water partition coefficient (Wildman–Crippen LogP) is 2.36. The fourth-order valence-electron chi connectivity index (χ4n) is 2.08. The van der Waals surface area contributed by atoms with E-state index >= 15 is 0 Å². The van der Waals surface area contributed by atoms with Crippen molar-refractivity contribution in [3.8, 4) is 0 Å². The maximum atomic E-state index is 11.8. The van der Waals surface area contributed by atoms with Crippen molar-refractivity contribution in [2.45, 2.75) is 39.0 Å². The van der Waals surface area contributed by atoms with Gasteiger partial charge in [0.1, 0.15) is 6.10 Å². The van der Waals surface area contributed by atoms with E-state index in [4.69, 9.17) is 0 Å². The van der Waals surface area contributed by atoms with Gasteiger partial charge < -0.3 is 15.7 Å². The van der Waals surface area contributed by atoms with E-state index in [2.05, 4.69) is 10.6 Å². The Kier molecular flexibility index (Phi) is 5.75. The molecule has 1 aromatic heterocycles. The van der Waals surface area contributed by atoms with Gasteiger partial charge in [-0.2, -0.15) is 0 Å². The number of hydrogen-bond acceptors (Lipinski definition) is 4. The molecular formula is C18H22N2O3S. The number of nitrogens with one attached hydrogen (secondary N) is 2. The summed E-state index contributed by atoms with van der Waals surface area (Å²) in [6, 6.07) is 13.1. The zero-order valence-electron chi connectivity index (χ0n) is 14.0. The first-order chi connectivity index (χ1) is 11.3. The second kappa shape index (κ2) is 7.59. The number of carbonyl (C=O) groups is 2. The van der Waals surface area contributed by atoms with Gasteiger partial charge in [0.05, 0.1) is 6.54 Å². The smallest absolute Gasteiger partial charge is 0.309 e. The number of amides is 2. The van der Waals surface area contributed by atoms with Crippen molar-refractivity contribution in [2.24, 2.45) is 0 Å².